The summed E-state index contributed by atoms with van der Waals surface area (Å²) in [6.45, 7) is 2.32. The Labute approximate surface area is 282 Å². The maximum absolute atomic E-state index is 6.15. The molecule has 0 atom stereocenters. The number of rotatable bonds is 13. The van der Waals surface area contributed by atoms with Crippen LogP contribution in [-0.2, 0) is 5.41 Å². The van der Waals surface area contributed by atoms with Gasteiger partial charge in [-0.3, -0.25) is 0 Å². The van der Waals surface area contributed by atoms with Gasteiger partial charge in [0.15, 0.2) is 0 Å². The van der Waals surface area contributed by atoms with Gasteiger partial charge >= 0.3 is 0 Å². The van der Waals surface area contributed by atoms with Crippen molar-refractivity contribution in [3.8, 4) is 23.0 Å². The van der Waals surface area contributed by atoms with Gasteiger partial charge in [-0.15, -0.1) is 0 Å². The van der Waals surface area contributed by atoms with Crippen LogP contribution in [0.5, 0.6) is 23.0 Å². The number of nitrogens with two attached hydrogens (primary N) is 2. The van der Waals surface area contributed by atoms with E-state index in [1.165, 1.54) is 88.2 Å². The van der Waals surface area contributed by atoms with E-state index in [4.69, 9.17) is 20.9 Å². The summed E-state index contributed by atoms with van der Waals surface area (Å²) >= 11 is 0. The van der Waals surface area contributed by atoms with Gasteiger partial charge in [0.05, 0.1) is 0 Å². The van der Waals surface area contributed by atoms with E-state index in [1.807, 2.05) is 48.5 Å². The number of hydrogen-bond donors (Lipinski definition) is 2. The summed E-state index contributed by atoms with van der Waals surface area (Å²) in [5.41, 5.74) is 15.9. The zero-order valence-electron chi connectivity index (χ0n) is 28.3. The standard InChI is InChI=1S/C43H54N2O2/c1-2-3-4-5-32-6-8-33(9-7-32)10-11-34-28-30-43(31-29-34,35-12-20-39(21-13-35)46-41-24-16-37(44)17-25-41)36-14-22-40(23-15-36)47-42-26-18-38(45)19-27-42/h12-27,32-34H,2-11,28-31,44-45H2,1H3/t32-,33-. The first-order chi connectivity index (χ1) is 23.0. The van der Waals surface area contributed by atoms with Crippen LogP contribution in [0.3, 0.4) is 0 Å². The minimum atomic E-state index is -0.0213. The monoisotopic (exact) mass is 630 g/mol. The predicted molar refractivity (Wildman–Crippen MR) is 196 cm³/mol. The molecule has 0 aliphatic heterocycles. The molecule has 47 heavy (non-hydrogen) atoms. The molecular weight excluding hydrogens is 576 g/mol. The summed E-state index contributed by atoms with van der Waals surface area (Å²) in [5, 5.41) is 0. The Hall–Kier alpha value is -3.92. The third kappa shape index (κ3) is 8.71. The fourth-order valence-electron chi connectivity index (χ4n) is 8.19. The molecule has 2 saturated carbocycles. The van der Waals surface area contributed by atoms with Gasteiger partial charge in [-0.25, -0.2) is 0 Å². The van der Waals surface area contributed by atoms with E-state index in [2.05, 4.69) is 55.5 Å². The van der Waals surface area contributed by atoms with Crippen molar-refractivity contribution in [1.29, 1.82) is 0 Å². The summed E-state index contributed by atoms with van der Waals surface area (Å²) < 4.78 is 12.3. The number of anilines is 2. The molecule has 4 N–H and O–H groups in total. The van der Waals surface area contributed by atoms with E-state index in [9.17, 15) is 0 Å². The van der Waals surface area contributed by atoms with E-state index in [-0.39, 0.29) is 5.41 Å². The Morgan fingerprint density at radius 3 is 1.26 bits per heavy atom. The van der Waals surface area contributed by atoms with Crippen molar-refractivity contribution in [2.45, 2.75) is 102 Å². The van der Waals surface area contributed by atoms with Gasteiger partial charge in [-0.05, 0) is 127 Å². The fraction of sp³-hybridized carbons (Fsp3) is 0.442. The van der Waals surface area contributed by atoms with Gasteiger partial charge in [-0.2, -0.15) is 0 Å². The van der Waals surface area contributed by atoms with Crippen molar-refractivity contribution in [3.05, 3.63) is 108 Å². The molecule has 0 radical (unpaired) electrons. The Bertz CT molecular complexity index is 1400. The van der Waals surface area contributed by atoms with Gasteiger partial charge in [0.2, 0.25) is 0 Å². The molecule has 4 nitrogen and oxygen atoms in total. The molecule has 2 aliphatic rings. The molecule has 6 rings (SSSR count). The van der Waals surface area contributed by atoms with Crippen LogP contribution < -0.4 is 20.9 Å². The normalized spacial score (nSPS) is 19.7. The zero-order chi connectivity index (χ0) is 32.5. The van der Waals surface area contributed by atoms with E-state index in [0.29, 0.717) is 0 Å². The van der Waals surface area contributed by atoms with Crippen molar-refractivity contribution >= 4 is 11.4 Å². The van der Waals surface area contributed by atoms with E-state index >= 15 is 0 Å². The van der Waals surface area contributed by atoms with E-state index < -0.39 is 0 Å². The molecular formula is C43H54N2O2. The maximum atomic E-state index is 6.15. The lowest BCUT2D eigenvalue weighted by atomic mass is 9.62. The van der Waals surface area contributed by atoms with Gasteiger partial charge in [-0.1, -0.05) is 95.4 Å². The number of hydrogen-bond acceptors (Lipinski definition) is 4. The first kappa shape index (κ1) is 33.0. The second-order valence-corrected chi connectivity index (χ2v) is 14.4. The fourth-order valence-corrected chi connectivity index (χ4v) is 8.19. The van der Waals surface area contributed by atoms with Crippen LogP contribution >= 0.6 is 0 Å². The summed E-state index contributed by atoms with van der Waals surface area (Å²) in [4.78, 5) is 0. The molecule has 248 valence electrons. The van der Waals surface area contributed by atoms with Crippen LogP contribution in [0.15, 0.2) is 97.1 Å². The van der Waals surface area contributed by atoms with Crippen LogP contribution in [-0.4, -0.2) is 0 Å². The van der Waals surface area contributed by atoms with Crippen molar-refractivity contribution in [2.75, 3.05) is 11.5 Å². The third-order valence-electron chi connectivity index (χ3n) is 11.2. The molecule has 2 fully saturated rings. The van der Waals surface area contributed by atoms with Crippen LogP contribution in [0.25, 0.3) is 0 Å². The molecule has 0 saturated heterocycles. The highest BCUT2D eigenvalue weighted by molar-refractivity contribution is 5.47. The molecule has 4 aromatic rings. The lowest BCUT2D eigenvalue weighted by molar-refractivity contribution is 0.208. The van der Waals surface area contributed by atoms with Crippen LogP contribution in [0.1, 0.15) is 108 Å². The van der Waals surface area contributed by atoms with Crippen molar-refractivity contribution in [2.24, 2.45) is 17.8 Å². The maximum Gasteiger partial charge on any atom is 0.127 e. The summed E-state index contributed by atoms with van der Waals surface area (Å²) in [7, 11) is 0. The highest BCUT2D eigenvalue weighted by Gasteiger charge is 2.38. The molecule has 4 aromatic carbocycles. The molecule has 0 spiro atoms. The lowest BCUT2D eigenvalue weighted by Gasteiger charge is -2.42. The first-order valence-corrected chi connectivity index (χ1v) is 18.3. The average Bonchev–Trinajstić information content (AvgIpc) is 3.11. The second kappa shape index (κ2) is 15.8. The van der Waals surface area contributed by atoms with Gasteiger partial charge < -0.3 is 20.9 Å². The van der Waals surface area contributed by atoms with Crippen LogP contribution in [0.2, 0.25) is 0 Å². The molecule has 0 heterocycles. The van der Waals surface area contributed by atoms with Gasteiger partial charge in [0, 0.05) is 16.8 Å². The average molecular weight is 631 g/mol. The minimum absolute atomic E-state index is 0.0213. The molecule has 0 aromatic heterocycles. The third-order valence-corrected chi connectivity index (χ3v) is 11.2. The molecule has 2 aliphatic carbocycles. The molecule has 0 amide bonds. The smallest absolute Gasteiger partial charge is 0.127 e. The zero-order valence-corrected chi connectivity index (χ0v) is 28.3. The van der Waals surface area contributed by atoms with E-state index in [1.54, 1.807) is 0 Å². The number of unbranched alkanes of at least 4 members (excludes halogenated alkanes) is 2. The highest BCUT2D eigenvalue weighted by Crippen LogP contribution is 2.49. The first-order valence-electron chi connectivity index (χ1n) is 18.3. The number of benzene rings is 4. The number of nitrogen functional groups attached to an aromatic ring is 2. The van der Waals surface area contributed by atoms with Crippen LogP contribution in [0, 0.1) is 17.8 Å². The van der Waals surface area contributed by atoms with Gasteiger partial charge in [0.25, 0.3) is 0 Å². The molecule has 4 heteroatoms. The van der Waals surface area contributed by atoms with Gasteiger partial charge in [0.1, 0.15) is 23.0 Å². The summed E-state index contributed by atoms with van der Waals surface area (Å²) in [5.74, 6) is 6.05. The highest BCUT2D eigenvalue weighted by atomic mass is 16.5. The van der Waals surface area contributed by atoms with E-state index in [0.717, 1.165) is 65.0 Å². The predicted octanol–water partition coefficient (Wildman–Crippen LogP) is 12.1. The molecule has 0 unspecified atom stereocenters. The second-order valence-electron chi connectivity index (χ2n) is 14.4. The Kier molecular flexibility index (Phi) is 11.1. The molecule has 0 bridgehead atoms. The lowest BCUT2D eigenvalue weighted by Crippen LogP contribution is -2.33. The largest absolute Gasteiger partial charge is 0.457 e. The van der Waals surface area contributed by atoms with Crippen LogP contribution in [0.4, 0.5) is 11.4 Å². The number of ether oxygens (including phenoxy) is 2. The van der Waals surface area contributed by atoms with Crippen molar-refractivity contribution in [3.63, 3.8) is 0 Å². The van der Waals surface area contributed by atoms with Crippen molar-refractivity contribution in [1.82, 2.24) is 0 Å². The summed E-state index contributed by atoms with van der Waals surface area (Å²) in [6.07, 6.45) is 19.2. The minimum Gasteiger partial charge on any atom is -0.457 e. The van der Waals surface area contributed by atoms with Crippen molar-refractivity contribution < 1.29 is 9.47 Å². The Balaban J connectivity index is 1.12. The Morgan fingerprint density at radius 1 is 0.489 bits per heavy atom. The quantitative estimate of drug-likeness (QED) is 0.114. The Morgan fingerprint density at radius 2 is 0.851 bits per heavy atom. The summed E-state index contributed by atoms with van der Waals surface area (Å²) in [6, 6.07) is 32.8. The SMILES string of the molecule is CCCCC[C@H]1CC[C@H](CCC2CCC(c3ccc(Oc4ccc(N)cc4)cc3)(c3ccc(Oc4ccc(N)cc4)cc3)CC2)CC1. The topological polar surface area (TPSA) is 70.5 Å².